The van der Waals surface area contributed by atoms with Crippen LogP contribution in [-0.2, 0) is 16.0 Å². The van der Waals surface area contributed by atoms with Gasteiger partial charge in [0.1, 0.15) is 17.0 Å². The lowest BCUT2D eigenvalue weighted by molar-refractivity contribution is -0.131. The quantitative estimate of drug-likeness (QED) is 0.790. The van der Waals surface area contributed by atoms with Crippen molar-refractivity contribution in [1.29, 1.82) is 0 Å². The Hall–Kier alpha value is -2.15. The fourth-order valence-electron chi connectivity index (χ4n) is 2.43. The highest BCUT2D eigenvalue weighted by atomic mass is 19.1. The van der Waals surface area contributed by atoms with Crippen molar-refractivity contribution in [2.75, 3.05) is 6.54 Å². The number of benzene rings is 1. The Morgan fingerprint density at radius 1 is 1.35 bits per heavy atom. The van der Waals surface area contributed by atoms with Crippen LogP contribution in [0.25, 0.3) is 0 Å². The Bertz CT molecular complexity index is 583. The molecule has 1 fully saturated rings. The molecule has 1 aliphatic heterocycles. The minimum atomic E-state index is -1.13. The summed E-state index contributed by atoms with van der Waals surface area (Å²) in [5.74, 6) is -0.698. The normalized spacial score (nSPS) is 21.5. The van der Waals surface area contributed by atoms with Crippen LogP contribution in [0, 0.1) is 5.82 Å². The lowest BCUT2D eigenvalue weighted by Crippen LogP contribution is -2.67. The van der Waals surface area contributed by atoms with Gasteiger partial charge in [0.05, 0.1) is 0 Å². The van der Waals surface area contributed by atoms with Gasteiger partial charge in [-0.1, -0.05) is 12.1 Å². The highest BCUT2D eigenvalue weighted by Crippen LogP contribution is 2.21. The first kappa shape index (κ1) is 17.2. The molecule has 0 bridgehead atoms. The van der Waals surface area contributed by atoms with Crippen LogP contribution < -0.4 is 16.2 Å². The number of hydrazine groups is 1. The third kappa shape index (κ3) is 4.66. The van der Waals surface area contributed by atoms with Crippen LogP contribution in [0.2, 0.25) is 0 Å². The van der Waals surface area contributed by atoms with Gasteiger partial charge in [-0.3, -0.25) is 10.2 Å². The van der Waals surface area contributed by atoms with Crippen LogP contribution in [0.3, 0.4) is 0 Å². The molecule has 1 aliphatic rings. The summed E-state index contributed by atoms with van der Waals surface area (Å²) in [6.45, 7) is 5.76. The molecule has 0 radical (unpaired) electrons. The average molecular weight is 323 g/mol. The average Bonchev–Trinajstić information content (AvgIpc) is 2.42. The third-order valence-corrected chi connectivity index (χ3v) is 3.47. The molecule has 1 heterocycles. The Morgan fingerprint density at radius 2 is 2.00 bits per heavy atom. The van der Waals surface area contributed by atoms with E-state index in [1.165, 1.54) is 12.1 Å². The smallest absolute Gasteiger partial charge is 0.408 e. The molecule has 2 amide bonds. The number of amides is 2. The van der Waals surface area contributed by atoms with Crippen molar-refractivity contribution < 1.29 is 18.7 Å². The van der Waals surface area contributed by atoms with Crippen molar-refractivity contribution in [2.24, 2.45) is 0 Å². The zero-order chi connectivity index (χ0) is 17.1. The Kier molecular flexibility index (Phi) is 4.89. The zero-order valence-corrected chi connectivity index (χ0v) is 13.5. The molecule has 23 heavy (non-hydrogen) atoms. The number of ether oxygens (including phenoxy) is 1. The summed E-state index contributed by atoms with van der Waals surface area (Å²) in [5.41, 5.74) is 4.25. The van der Waals surface area contributed by atoms with Crippen molar-refractivity contribution in [2.45, 2.75) is 44.8 Å². The Labute approximate surface area is 134 Å². The monoisotopic (exact) mass is 323 g/mol. The first-order chi connectivity index (χ1) is 10.7. The van der Waals surface area contributed by atoms with Crippen molar-refractivity contribution in [3.05, 3.63) is 35.6 Å². The SMILES string of the molecule is CC(C)(C)OC(=O)NC1(Cc2ccc(F)cc2)CCNNC1=O. The molecule has 2 rings (SSSR count). The fraction of sp³-hybridized carbons (Fsp3) is 0.500. The molecule has 0 saturated carbocycles. The minimum absolute atomic E-state index is 0.250. The van der Waals surface area contributed by atoms with Gasteiger partial charge >= 0.3 is 6.09 Å². The van der Waals surface area contributed by atoms with E-state index in [9.17, 15) is 14.0 Å². The van der Waals surface area contributed by atoms with E-state index in [1.54, 1.807) is 32.9 Å². The van der Waals surface area contributed by atoms with Crippen molar-refractivity contribution in [3.63, 3.8) is 0 Å². The summed E-state index contributed by atoms with van der Waals surface area (Å²) < 4.78 is 18.3. The molecule has 1 unspecified atom stereocenters. The summed E-state index contributed by atoms with van der Waals surface area (Å²) in [6.07, 6.45) is -0.00757. The van der Waals surface area contributed by atoms with E-state index in [2.05, 4.69) is 16.2 Å². The molecule has 0 aromatic heterocycles. The molecule has 0 spiro atoms. The lowest BCUT2D eigenvalue weighted by Gasteiger charge is -2.37. The summed E-state index contributed by atoms with van der Waals surface area (Å²) >= 11 is 0. The minimum Gasteiger partial charge on any atom is -0.444 e. The number of carbonyl (C=O) groups excluding carboxylic acids is 2. The molecular weight excluding hydrogens is 301 g/mol. The predicted octanol–water partition coefficient (Wildman–Crippen LogP) is 1.66. The van der Waals surface area contributed by atoms with Crippen molar-refractivity contribution in [1.82, 2.24) is 16.2 Å². The second-order valence-electron chi connectivity index (χ2n) is 6.64. The predicted molar refractivity (Wildman–Crippen MR) is 83.0 cm³/mol. The first-order valence-corrected chi connectivity index (χ1v) is 7.49. The number of hydrogen-bond acceptors (Lipinski definition) is 4. The Morgan fingerprint density at radius 3 is 2.57 bits per heavy atom. The van der Waals surface area contributed by atoms with E-state index in [4.69, 9.17) is 4.74 Å². The van der Waals surface area contributed by atoms with Crippen LogP contribution in [0.4, 0.5) is 9.18 Å². The first-order valence-electron chi connectivity index (χ1n) is 7.49. The van der Waals surface area contributed by atoms with Crippen molar-refractivity contribution >= 4 is 12.0 Å². The van der Waals surface area contributed by atoms with Gasteiger partial charge in [-0.25, -0.2) is 14.6 Å². The van der Waals surface area contributed by atoms with Gasteiger partial charge in [0, 0.05) is 13.0 Å². The number of rotatable bonds is 3. The van der Waals surface area contributed by atoms with Crippen LogP contribution in [0.1, 0.15) is 32.8 Å². The topological polar surface area (TPSA) is 79.5 Å². The third-order valence-electron chi connectivity index (χ3n) is 3.47. The molecule has 126 valence electrons. The molecule has 1 aromatic rings. The van der Waals surface area contributed by atoms with Crippen LogP contribution in [0.5, 0.6) is 0 Å². The summed E-state index contributed by atoms with van der Waals surface area (Å²) in [7, 11) is 0. The maximum atomic E-state index is 13.1. The summed E-state index contributed by atoms with van der Waals surface area (Å²) in [4.78, 5) is 24.5. The summed E-state index contributed by atoms with van der Waals surface area (Å²) in [6, 6.07) is 5.86. The number of hydrogen-bond donors (Lipinski definition) is 3. The fourth-order valence-corrected chi connectivity index (χ4v) is 2.43. The van der Waals surface area contributed by atoms with Crippen LogP contribution >= 0.6 is 0 Å². The van der Waals surface area contributed by atoms with E-state index >= 15 is 0 Å². The number of halogens is 1. The highest BCUT2D eigenvalue weighted by molar-refractivity contribution is 5.90. The molecule has 7 heteroatoms. The van der Waals surface area contributed by atoms with Crippen LogP contribution in [-0.4, -0.2) is 29.7 Å². The molecule has 1 saturated heterocycles. The van der Waals surface area contributed by atoms with Crippen molar-refractivity contribution in [3.8, 4) is 0 Å². The standard InChI is InChI=1S/C16H22FN3O3/c1-15(2,3)23-14(22)19-16(8-9-18-20-13(16)21)10-11-4-6-12(17)7-5-11/h4-7,18H,8-10H2,1-3H3,(H,19,22)(H,20,21). The number of alkyl carbamates (subject to hydrolysis) is 1. The largest absolute Gasteiger partial charge is 0.444 e. The molecule has 0 aliphatic carbocycles. The number of carbonyl (C=O) groups is 2. The van der Waals surface area contributed by atoms with E-state index in [0.29, 0.717) is 13.0 Å². The van der Waals surface area contributed by atoms with E-state index in [1.807, 2.05) is 0 Å². The second-order valence-corrected chi connectivity index (χ2v) is 6.64. The Balaban J connectivity index is 2.20. The maximum Gasteiger partial charge on any atom is 0.408 e. The molecule has 3 N–H and O–H groups in total. The van der Waals surface area contributed by atoms with Gasteiger partial charge in [-0.05, 0) is 44.9 Å². The number of nitrogens with one attached hydrogen (secondary N) is 3. The highest BCUT2D eigenvalue weighted by Gasteiger charge is 2.43. The van der Waals surface area contributed by atoms with E-state index in [-0.39, 0.29) is 18.1 Å². The molecule has 1 aromatic carbocycles. The lowest BCUT2D eigenvalue weighted by atomic mass is 9.85. The van der Waals surface area contributed by atoms with Gasteiger partial charge in [0.15, 0.2) is 0 Å². The van der Waals surface area contributed by atoms with Crippen LogP contribution in [0.15, 0.2) is 24.3 Å². The van der Waals surface area contributed by atoms with E-state index < -0.39 is 17.2 Å². The van der Waals surface area contributed by atoms with Gasteiger partial charge in [-0.2, -0.15) is 0 Å². The molecule has 1 atom stereocenters. The van der Waals surface area contributed by atoms with E-state index in [0.717, 1.165) is 5.56 Å². The van der Waals surface area contributed by atoms with Gasteiger partial charge in [0.25, 0.3) is 5.91 Å². The summed E-state index contributed by atoms with van der Waals surface area (Å²) in [5, 5.41) is 2.69. The zero-order valence-electron chi connectivity index (χ0n) is 13.5. The van der Waals surface area contributed by atoms with Gasteiger partial charge < -0.3 is 10.1 Å². The second kappa shape index (κ2) is 6.54. The van der Waals surface area contributed by atoms with Gasteiger partial charge in [0.2, 0.25) is 0 Å². The molecular formula is C16H22FN3O3. The molecule has 6 nitrogen and oxygen atoms in total. The maximum absolute atomic E-state index is 13.1. The van der Waals surface area contributed by atoms with Gasteiger partial charge in [-0.15, -0.1) is 0 Å².